The summed E-state index contributed by atoms with van der Waals surface area (Å²) in [6.45, 7) is 0.333. The smallest absolute Gasteiger partial charge is 0.224 e. The van der Waals surface area contributed by atoms with Gasteiger partial charge in [0.15, 0.2) is 0 Å². The van der Waals surface area contributed by atoms with E-state index in [0.29, 0.717) is 13.0 Å². The lowest BCUT2D eigenvalue weighted by molar-refractivity contribution is -0.124. The minimum Gasteiger partial charge on any atom is -0.496 e. The number of fused-ring (bicyclic) bond motifs is 1. The number of benzene rings is 2. The standard InChI is InChI=1S/C16H20N2O2/c1-18-16(19)12(10-17)9-11-7-8-15(20-2)14-6-4-3-5-13(11)14/h3-8,12H,9-10,17H2,1-2H3,(H,18,19). The van der Waals surface area contributed by atoms with Gasteiger partial charge in [-0.2, -0.15) is 0 Å². The summed E-state index contributed by atoms with van der Waals surface area (Å²) in [5, 5.41) is 4.82. The van der Waals surface area contributed by atoms with Crippen LogP contribution < -0.4 is 15.8 Å². The molecule has 20 heavy (non-hydrogen) atoms. The predicted octanol–water partition coefficient (Wildman–Crippen LogP) is 1.71. The van der Waals surface area contributed by atoms with E-state index in [2.05, 4.69) is 5.32 Å². The van der Waals surface area contributed by atoms with Crippen LogP contribution in [0.25, 0.3) is 10.8 Å². The van der Waals surface area contributed by atoms with Gasteiger partial charge in [0.2, 0.25) is 5.91 Å². The molecule has 2 aromatic rings. The van der Waals surface area contributed by atoms with Crippen molar-refractivity contribution in [3.8, 4) is 5.75 Å². The van der Waals surface area contributed by atoms with E-state index in [0.717, 1.165) is 22.1 Å². The third kappa shape index (κ3) is 2.75. The molecule has 3 N–H and O–H groups in total. The third-order valence-corrected chi connectivity index (χ3v) is 3.56. The molecule has 0 aliphatic carbocycles. The Balaban J connectivity index is 2.42. The number of carbonyl (C=O) groups excluding carboxylic acids is 1. The number of ether oxygens (including phenoxy) is 1. The van der Waals surface area contributed by atoms with E-state index in [-0.39, 0.29) is 11.8 Å². The molecule has 0 saturated heterocycles. The number of carbonyl (C=O) groups is 1. The number of rotatable bonds is 5. The van der Waals surface area contributed by atoms with E-state index in [1.165, 1.54) is 0 Å². The average molecular weight is 272 g/mol. The molecule has 0 bridgehead atoms. The van der Waals surface area contributed by atoms with Crippen LogP contribution in [0.3, 0.4) is 0 Å². The first-order chi connectivity index (χ1) is 9.71. The minimum absolute atomic E-state index is 0.0209. The molecule has 0 aliphatic heterocycles. The van der Waals surface area contributed by atoms with Crippen molar-refractivity contribution in [1.29, 1.82) is 0 Å². The van der Waals surface area contributed by atoms with Gasteiger partial charge in [0, 0.05) is 19.0 Å². The van der Waals surface area contributed by atoms with Crippen LogP contribution >= 0.6 is 0 Å². The fourth-order valence-corrected chi connectivity index (χ4v) is 2.44. The summed E-state index contributed by atoms with van der Waals surface area (Å²) in [6.07, 6.45) is 0.626. The fourth-order valence-electron chi connectivity index (χ4n) is 2.44. The van der Waals surface area contributed by atoms with Crippen molar-refractivity contribution in [2.75, 3.05) is 20.7 Å². The van der Waals surface area contributed by atoms with Gasteiger partial charge in [-0.15, -0.1) is 0 Å². The summed E-state index contributed by atoms with van der Waals surface area (Å²) < 4.78 is 5.38. The number of methoxy groups -OCH3 is 1. The Labute approximate surface area is 118 Å². The maximum atomic E-state index is 11.8. The molecule has 0 spiro atoms. The average Bonchev–Trinajstić information content (AvgIpc) is 2.51. The molecule has 2 rings (SSSR count). The van der Waals surface area contributed by atoms with Crippen LogP contribution in [0.15, 0.2) is 36.4 Å². The van der Waals surface area contributed by atoms with Crippen LogP contribution in [0.1, 0.15) is 5.56 Å². The molecule has 0 radical (unpaired) electrons. The van der Waals surface area contributed by atoms with Gasteiger partial charge >= 0.3 is 0 Å². The molecule has 1 atom stereocenters. The molecule has 4 heteroatoms. The highest BCUT2D eigenvalue weighted by Crippen LogP contribution is 2.29. The molecule has 1 amide bonds. The number of nitrogens with one attached hydrogen (secondary N) is 1. The summed E-state index contributed by atoms with van der Waals surface area (Å²) in [7, 11) is 3.30. The molecular weight excluding hydrogens is 252 g/mol. The summed E-state index contributed by atoms with van der Waals surface area (Å²) in [5.41, 5.74) is 6.82. The van der Waals surface area contributed by atoms with Crippen LogP contribution in [0.4, 0.5) is 0 Å². The Morgan fingerprint density at radius 1 is 1.25 bits per heavy atom. The fraction of sp³-hybridized carbons (Fsp3) is 0.312. The number of hydrogen-bond acceptors (Lipinski definition) is 3. The monoisotopic (exact) mass is 272 g/mol. The molecule has 0 aliphatic rings. The van der Waals surface area contributed by atoms with Gasteiger partial charge in [-0.25, -0.2) is 0 Å². The molecule has 0 fully saturated rings. The van der Waals surface area contributed by atoms with Crippen molar-refractivity contribution >= 4 is 16.7 Å². The van der Waals surface area contributed by atoms with E-state index in [4.69, 9.17) is 10.5 Å². The molecule has 0 aromatic heterocycles. The molecule has 0 saturated carbocycles. The van der Waals surface area contributed by atoms with Gasteiger partial charge in [0.05, 0.1) is 13.0 Å². The number of nitrogens with two attached hydrogens (primary N) is 1. The second kappa shape index (κ2) is 6.39. The topological polar surface area (TPSA) is 64.4 Å². The Hall–Kier alpha value is -2.07. The first-order valence-corrected chi connectivity index (χ1v) is 6.67. The van der Waals surface area contributed by atoms with E-state index in [1.807, 2.05) is 36.4 Å². The lowest BCUT2D eigenvalue weighted by atomic mass is 9.94. The van der Waals surface area contributed by atoms with Crippen molar-refractivity contribution < 1.29 is 9.53 Å². The van der Waals surface area contributed by atoms with Crippen LogP contribution in [-0.2, 0) is 11.2 Å². The lowest BCUT2D eigenvalue weighted by Crippen LogP contribution is -2.34. The zero-order chi connectivity index (χ0) is 14.5. The molecular formula is C16H20N2O2. The van der Waals surface area contributed by atoms with E-state index in [1.54, 1.807) is 14.2 Å². The highest BCUT2D eigenvalue weighted by molar-refractivity contribution is 5.91. The Morgan fingerprint density at radius 3 is 2.55 bits per heavy atom. The van der Waals surface area contributed by atoms with E-state index < -0.39 is 0 Å². The number of hydrogen-bond donors (Lipinski definition) is 2. The molecule has 106 valence electrons. The first-order valence-electron chi connectivity index (χ1n) is 6.67. The van der Waals surface area contributed by atoms with Crippen molar-refractivity contribution in [2.24, 2.45) is 11.7 Å². The quantitative estimate of drug-likeness (QED) is 0.871. The Morgan fingerprint density at radius 2 is 1.95 bits per heavy atom. The zero-order valence-electron chi connectivity index (χ0n) is 11.8. The maximum Gasteiger partial charge on any atom is 0.224 e. The Bertz CT molecular complexity index is 610. The lowest BCUT2D eigenvalue weighted by Gasteiger charge is -2.16. The zero-order valence-corrected chi connectivity index (χ0v) is 11.8. The van der Waals surface area contributed by atoms with Crippen molar-refractivity contribution in [1.82, 2.24) is 5.32 Å². The first kappa shape index (κ1) is 14.3. The summed E-state index contributed by atoms with van der Waals surface area (Å²) in [5.74, 6) is 0.609. The molecule has 0 heterocycles. The SMILES string of the molecule is CNC(=O)C(CN)Cc1ccc(OC)c2ccccc12. The number of amides is 1. The van der Waals surface area contributed by atoms with Gasteiger partial charge in [-0.1, -0.05) is 30.3 Å². The van der Waals surface area contributed by atoms with Crippen LogP contribution in [0.2, 0.25) is 0 Å². The van der Waals surface area contributed by atoms with Gasteiger partial charge in [0.1, 0.15) is 5.75 Å². The van der Waals surface area contributed by atoms with Crippen LogP contribution in [0, 0.1) is 5.92 Å². The summed E-state index contributed by atoms with van der Waals surface area (Å²) >= 11 is 0. The molecule has 4 nitrogen and oxygen atoms in total. The van der Waals surface area contributed by atoms with Gasteiger partial charge in [-0.05, 0) is 23.4 Å². The van der Waals surface area contributed by atoms with Crippen LogP contribution in [0.5, 0.6) is 5.75 Å². The highest BCUT2D eigenvalue weighted by atomic mass is 16.5. The summed E-state index contributed by atoms with van der Waals surface area (Å²) in [6, 6.07) is 12.0. The van der Waals surface area contributed by atoms with E-state index in [9.17, 15) is 4.79 Å². The maximum absolute atomic E-state index is 11.8. The van der Waals surface area contributed by atoms with E-state index >= 15 is 0 Å². The highest BCUT2D eigenvalue weighted by Gasteiger charge is 2.17. The van der Waals surface area contributed by atoms with Gasteiger partial charge < -0.3 is 15.8 Å². The second-order valence-electron chi connectivity index (χ2n) is 4.72. The van der Waals surface area contributed by atoms with Crippen molar-refractivity contribution in [3.63, 3.8) is 0 Å². The normalized spacial score (nSPS) is 12.2. The predicted molar refractivity (Wildman–Crippen MR) is 80.8 cm³/mol. The largest absolute Gasteiger partial charge is 0.496 e. The van der Waals surface area contributed by atoms with Crippen molar-refractivity contribution in [2.45, 2.75) is 6.42 Å². The molecule has 2 aromatic carbocycles. The van der Waals surface area contributed by atoms with Crippen molar-refractivity contribution in [3.05, 3.63) is 42.0 Å². The van der Waals surface area contributed by atoms with Gasteiger partial charge in [0.25, 0.3) is 0 Å². The third-order valence-electron chi connectivity index (χ3n) is 3.56. The molecule has 1 unspecified atom stereocenters. The van der Waals surface area contributed by atoms with Crippen LogP contribution in [-0.4, -0.2) is 26.6 Å². The van der Waals surface area contributed by atoms with Gasteiger partial charge in [-0.3, -0.25) is 4.79 Å². The minimum atomic E-state index is -0.211. The Kier molecular flexibility index (Phi) is 4.58. The summed E-state index contributed by atoms with van der Waals surface area (Å²) in [4.78, 5) is 11.8. The second-order valence-corrected chi connectivity index (χ2v) is 4.72.